The number of methoxy groups -OCH3 is 3. The molecular weight excluding hydrogens is 502 g/mol. The fourth-order valence-electron chi connectivity index (χ4n) is 3.06. The summed E-state index contributed by atoms with van der Waals surface area (Å²) < 4.78 is 17.2. The molecule has 0 amide bonds. The summed E-state index contributed by atoms with van der Waals surface area (Å²) >= 11 is 8.30. The van der Waals surface area contributed by atoms with Crippen LogP contribution in [0.4, 0.5) is 0 Å². The van der Waals surface area contributed by atoms with Gasteiger partial charge in [0, 0.05) is 34.8 Å². The second-order valence-electron chi connectivity index (χ2n) is 5.87. The Balaban J connectivity index is 2.01. The fourth-order valence-corrected chi connectivity index (χ4v) is 5.37. The van der Waals surface area contributed by atoms with Crippen molar-refractivity contribution in [3.8, 4) is 11.5 Å². The van der Waals surface area contributed by atoms with Gasteiger partial charge in [0.2, 0.25) is 5.78 Å². The molecule has 1 aliphatic heterocycles. The van der Waals surface area contributed by atoms with Crippen LogP contribution >= 0.6 is 43.2 Å². The van der Waals surface area contributed by atoms with E-state index in [1.54, 1.807) is 25.2 Å². The number of thiophene rings is 1. The highest BCUT2D eigenvalue weighted by Gasteiger charge is 2.42. The first-order chi connectivity index (χ1) is 12.9. The van der Waals surface area contributed by atoms with Gasteiger partial charge in [-0.2, -0.15) is 0 Å². The number of benzene rings is 1. The van der Waals surface area contributed by atoms with Crippen LogP contribution in [0.1, 0.15) is 20.8 Å². The van der Waals surface area contributed by atoms with E-state index in [1.165, 1.54) is 18.4 Å². The standard InChI is InChI=1S/C18H17Br2NO5S/c1-24-10-5-4-9(12(6-10)25-2)7-21-8-11-13(19)17(20)27-16(11)15(22)14(21)18(23)26-3/h4-6,14H,7-8H2,1-3H3. The van der Waals surface area contributed by atoms with Crippen LogP contribution in [0.2, 0.25) is 0 Å². The zero-order chi connectivity index (χ0) is 19.7. The Hall–Kier alpha value is -1.42. The Bertz CT molecular complexity index is 898. The lowest BCUT2D eigenvalue weighted by Crippen LogP contribution is -2.49. The summed E-state index contributed by atoms with van der Waals surface area (Å²) in [6.45, 7) is 0.775. The van der Waals surface area contributed by atoms with E-state index < -0.39 is 12.0 Å². The molecule has 0 radical (unpaired) electrons. The van der Waals surface area contributed by atoms with Gasteiger partial charge in [0.25, 0.3) is 0 Å². The Morgan fingerprint density at radius 1 is 1.26 bits per heavy atom. The quantitative estimate of drug-likeness (QED) is 0.440. The van der Waals surface area contributed by atoms with Gasteiger partial charge in [-0.25, -0.2) is 4.79 Å². The van der Waals surface area contributed by atoms with Crippen LogP contribution in [0.15, 0.2) is 26.5 Å². The van der Waals surface area contributed by atoms with Crippen LogP contribution in [-0.4, -0.2) is 44.0 Å². The number of ether oxygens (including phenoxy) is 3. The normalized spacial score (nSPS) is 16.8. The molecule has 0 N–H and O–H groups in total. The van der Waals surface area contributed by atoms with Crippen molar-refractivity contribution in [2.75, 3.05) is 21.3 Å². The summed E-state index contributed by atoms with van der Waals surface area (Å²) in [7, 11) is 4.44. The minimum atomic E-state index is -0.994. The summed E-state index contributed by atoms with van der Waals surface area (Å²) in [5.74, 6) is 0.467. The molecular formula is C18H17Br2NO5S. The molecule has 0 saturated heterocycles. The van der Waals surface area contributed by atoms with Gasteiger partial charge in [-0.15, -0.1) is 11.3 Å². The number of fused-ring (bicyclic) bond motifs is 1. The van der Waals surface area contributed by atoms with Gasteiger partial charge >= 0.3 is 5.97 Å². The van der Waals surface area contributed by atoms with Crippen LogP contribution in [-0.2, 0) is 22.6 Å². The van der Waals surface area contributed by atoms with Crippen LogP contribution in [0.5, 0.6) is 11.5 Å². The number of esters is 1. The van der Waals surface area contributed by atoms with E-state index in [4.69, 9.17) is 14.2 Å². The lowest BCUT2D eigenvalue weighted by Gasteiger charge is -2.33. The molecule has 2 heterocycles. The van der Waals surface area contributed by atoms with Crippen molar-refractivity contribution in [2.45, 2.75) is 19.1 Å². The third kappa shape index (κ3) is 3.78. The number of Topliss-reactive ketones (excluding diaryl/α,β-unsaturated/α-hetero) is 1. The van der Waals surface area contributed by atoms with Crippen LogP contribution < -0.4 is 9.47 Å². The Kier molecular flexibility index (Phi) is 6.25. The van der Waals surface area contributed by atoms with Crippen molar-refractivity contribution in [1.29, 1.82) is 0 Å². The predicted molar refractivity (Wildman–Crippen MR) is 109 cm³/mol. The minimum absolute atomic E-state index is 0.257. The maximum atomic E-state index is 13.0. The average molecular weight is 519 g/mol. The van der Waals surface area contributed by atoms with Gasteiger partial charge in [0.1, 0.15) is 11.5 Å². The third-order valence-corrected chi connectivity index (χ3v) is 7.98. The summed E-state index contributed by atoms with van der Waals surface area (Å²) in [5, 5.41) is 0. The summed E-state index contributed by atoms with van der Waals surface area (Å²) in [6.07, 6.45) is 0. The van der Waals surface area contributed by atoms with Crippen LogP contribution in [0.3, 0.4) is 0 Å². The van der Waals surface area contributed by atoms with Gasteiger partial charge < -0.3 is 14.2 Å². The number of carbonyl (C=O) groups excluding carboxylic acids is 2. The molecule has 1 aliphatic rings. The number of rotatable bonds is 5. The van der Waals surface area contributed by atoms with E-state index in [1.807, 2.05) is 12.1 Å². The Morgan fingerprint density at radius 2 is 2.00 bits per heavy atom. The molecule has 9 heteroatoms. The molecule has 0 fully saturated rings. The van der Waals surface area contributed by atoms with E-state index in [0.29, 0.717) is 29.5 Å². The molecule has 27 heavy (non-hydrogen) atoms. The molecule has 0 aliphatic carbocycles. The molecule has 2 aromatic rings. The molecule has 1 aromatic heterocycles. The summed E-state index contributed by atoms with van der Waals surface area (Å²) in [4.78, 5) is 27.8. The monoisotopic (exact) mass is 517 g/mol. The molecule has 1 atom stereocenters. The van der Waals surface area contributed by atoms with Crippen molar-refractivity contribution >= 4 is 54.9 Å². The number of ketones is 1. The van der Waals surface area contributed by atoms with Gasteiger partial charge in [0.05, 0.1) is 30.0 Å². The molecule has 1 aromatic carbocycles. The van der Waals surface area contributed by atoms with Gasteiger partial charge in [-0.3, -0.25) is 9.69 Å². The first kappa shape index (κ1) is 20.3. The van der Waals surface area contributed by atoms with Gasteiger partial charge in [0.15, 0.2) is 6.04 Å². The predicted octanol–water partition coefficient (Wildman–Crippen LogP) is 4.03. The molecule has 144 valence electrons. The fraction of sp³-hybridized carbons (Fsp3) is 0.333. The number of nitrogens with zero attached hydrogens (tertiary/aromatic N) is 1. The van der Waals surface area contributed by atoms with E-state index >= 15 is 0 Å². The van der Waals surface area contributed by atoms with Crippen molar-refractivity contribution in [3.05, 3.63) is 42.5 Å². The molecule has 3 rings (SSSR count). The van der Waals surface area contributed by atoms with Gasteiger partial charge in [-0.05, 0) is 37.9 Å². The maximum Gasteiger partial charge on any atom is 0.331 e. The Labute approximate surface area is 177 Å². The van der Waals surface area contributed by atoms with E-state index in [9.17, 15) is 9.59 Å². The maximum absolute atomic E-state index is 13.0. The smallest absolute Gasteiger partial charge is 0.331 e. The van der Waals surface area contributed by atoms with Crippen LogP contribution in [0.25, 0.3) is 0 Å². The highest BCUT2D eigenvalue weighted by atomic mass is 79.9. The summed E-state index contributed by atoms with van der Waals surface area (Å²) in [5.41, 5.74) is 1.71. The van der Waals surface area contributed by atoms with Crippen molar-refractivity contribution < 1.29 is 23.8 Å². The third-order valence-electron chi connectivity index (χ3n) is 4.39. The molecule has 0 bridgehead atoms. The zero-order valence-corrected chi connectivity index (χ0v) is 18.9. The highest BCUT2D eigenvalue weighted by molar-refractivity contribution is 9.13. The molecule has 1 unspecified atom stereocenters. The topological polar surface area (TPSA) is 65.1 Å². The second kappa shape index (κ2) is 8.30. The first-order valence-corrected chi connectivity index (χ1v) is 10.3. The van der Waals surface area contributed by atoms with E-state index in [2.05, 4.69) is 31.9 Å². The van der Waals surface area contributed by atoms with Crippen molar-refractivity contribution in [2.24, 2.45) is 0 Å². The average Bonchev–Trinajstić information content (AvgIpc) is 2.96. The highest BCUT2D eigenvalue weighted by Crippen LogP contribution is 2.42. The van der Waals surface area contributed by atoms with Crippen molar-refractivity contribution in [3.63, 3.8) is 0 Å². The van der Waals surface area contributed by atoms with Crippen LogP contribution in [0, 0.1) is 0 Å². The number of halogens is 2. The minimum Gasteiger partial charge on any atom is -0.497 e. The number of hydrogen-bond donors (Lipinski definition) is 0. The summed E-state index contributed by atoms with van der Waals surface area (Å²) in [6, 6.07) is 4.47. The zero-order valence-electron chi connectivity index (χ0n) is 14.9. The SMILES string of the molecule is COC(=O)C1C(=O)c2sc(Br)c(Br)c2CN1Cc1ccc(OC)cc1OC. The Morgan fingerprint density at radius 3 is 2.63 bits per heavy atom. The lowest BCUT2D eigenvalue weighted by molar-refractivity contribution is -0.145. The number of hydrogen-bond acceptors (Lipinski definition) is 7. The molecule has 6 nitrogen and oxygen atoms in total. The molecule has 0 spiro atoms. The van der Waals surface area contributed by atoms with E-state index in [0.717, 1.165) is 19.4 Å². The van der Waals surface area contributed by atoms with Gasteiger partial charge in [-0.1, -0.05) is 6.07 Å². The van der Waals surface area contributed by atoms with E-state index in [-0.39, 0.29) is 5.78 Å². The van der Waals surface area contributed by atoms with Crippen molar-refractivity contribution in [1.82, 2.24) is 4.90 Å². The largest absolute Gasteiger partial charge is 0.497 e. The second-order valence-corrected chi connectivity index (χ2v) is 9.00. The number of carbonyl (C=O) groups is 2. The first-order valence-electron chi connectivity index (χ1n) is 7.94. The lowest BCUT2D eigenvalue weighted by atomic mass is 9.99. The molecule has 0 saturated carbocycles.